The molecule has 0 N–H and O–H groups in total. The molecule has 45 heavy (non-hydrogen) atoms. The number of carbonyl (C=O) groups excluding carboxylic acids is 4. The van der Waals surface area contributed by atoms with E-state index in [1.165, 1.54) is 0 Å². The highest BCUT2D eigenvalue weighted by atomic mass is 16.6. The number of carbonyl (C=O) groups is 4. The van der Waals surface area contributed by atoms with Gasteiger partial charge in [0.1, 0.15) is 31.3 Å². The van der Waals surface area contributed by atoms with E-state index in [4.69, 9.17) is 23.7 Å². The average molecular weight is 615 g/mol. The van der Waals surface area contributed by atoms with Crippen LogP contribution < -0.4 is 0 Å². The Balaban J connectivity index is 1.42. The van der Waals surface area contributed by atoms with E-state index in [-0.39, 0.29) is 32.8 Å². The van der Waals surface area contributed by atoms with Crippen molar-refractivity contribution < 1.29 is 42.9 Å². The van der Waals surface area contributed by atoms with E-state index >= 15 is 0 Å². The van der Waals surface area contributed by atoms with Crippen molar-refractivity contribution in [2.24, 2.45) is 23.2 Å². The molecule has 0 radical (unpaired) electrons. The number of fused-ring (bicyclic) bond motifs is 2. The summed E-state index contributed by atoms with van der Waals surface area (Å²) < 4.78 is 29.3. The van der Waals surface area contributed by atoms with Gasteiger partial charge in [-0.15, -0.1) is 0 Å². The van der Waals surface area contributed by atoms with Crippen LogP contribution in [0.15, 0.2) is 91.0 Å². The fraction of sp³-hybridized carbons (Fsp3) is 0.389. The lowest BCUT2D eigenvalue weighted by Crippen LogP contribution is -2.52. The molecule has 3 aromatic rings. The zero-order valence-electron chi connectivity index (χ0n) is 25.7. The number of ether oxygens (including phenoxy) is 5. The quantitative estimate of drug-likeness (QED) is 0.209. The van der Waals surface area contributed by atoms with Gasteiger partial charge in [-0.1, -0.05) is 78.9 Å². The molecule has 2 saturated heterocycles. The second-order valence-electron chi connectivity index (χ2n) is 12.6. The molecule has 5 rings (SSSR count). The SMILES string of the molecule is CC(C)(C)C(=O)OC[C@@]12C[C@H](COC(=O)c3ccccc3)[C@@H](O1)[C@@H](C(=O)OCc1ccccc1)[C@H]2C(=O)OCc1ccccc1. The summed E-state index contributed by atoms with van der Waals surface area (Å²) in [5, 5.41) is 0. The van der Waals surface area contributed by atoms with Crippen LogP contribution in [0.3, 0.4) is 0 Å². The van der Waals surface area contributed by atoms with E-state index in [1.54, 1.807) is 51.1 Å². The predicted molar refractivity (Wildman–Crippen MR) is 162 cm³/mol. The van der Waals surface area contributed by atoms with Gasteiger partial charge in [0.05, 0.1) is 29.6 Å². The van der Waals surface area contributed by atoms with Gasteiger partial charge in [0.2, 0.25) is 0 Å². The van der Waals surface area contributed by atoms with E-state index < -0.39 is 58.8 Å². The molecule has 2 heterocycles. The molecule has 0 saturated carbocycles. The first-order valence-electron chi connectivity index (χ1n) is 15.1. The summed E-state index contributed by atoms with van der Waals surface area (Å²) in [6, 6.07) is 26.9. The van der Waals surface area contributed by atoms with Crippen molar-refractivity contribution in [2.45, 2.75) is 52.1 Å². The molecule has 3 aromatic carbocycles. The largest absolute Gasteiger partial charge is 0.462 e. The van der Waals surface area contributed by atoms with Crippen LogP contribution in [0.4, 0.5) is 0 Å². The van der Waals surface area contributed by atoms with Crippen molar-refractivity contribution in [1.82, 2.24) is 0 Å². The van der Waals surface area contributed by atoms with Gasteiger partial charge in [0, 0.05) is 5.92 Å². The smallest absolute Gasteiger partial charge is 0.338 e. The van der Waals surface area contributed by atoms with Gasteiger partial charge in [-0.25, -0.2) is 4.79 Å². The van der Waals surface area contributed by atoms with Gasteiger partial charge < -0.3 is 23.7 Å². The number of hydrogen-bond donors (Lipinski definition) is 0. The van der Waals surface area contributed by atoms with E-state index in [0.717, 1.165) is 11.1 Å². The minimum atomic E-state index is -1.39. The summed E-state index contributed by atoms with van der Waals surface area (Å²) in [4.78, 5) is 53.3. The molecule has 2 bridgehead atoms. The lowest BCUT2D eigenvalue weighted by molar-refractivity contribution is -0.173. The molecular weight excluding hydrogens is 576 g/mol. The van der Waals surface area contributed by atoms with Gasteiger partial charge in [0.15, 0.2) is 0 Å². The molecule has 9 nitrogen and oxygen atoms in total. The highest BCUT2D eigenvalue weighted by molar-refractivity contribution is 5.89. The highest BCUT2D eigenvalue weighted by Crippen LogP contribution is 2.55. The van der Waals surface area contributed by atoms with Gasteiger partial charge >= 0.3 is 23.9 Å². The summed E-state index contributed by atoms with van der Waals surface area (Å²) in [7, 11) is 0. The number of esters is 4. The fourth-order valence-electron chi connectivity index (χ4n) is 5.92. The second-order valence-corrected chi connectivity index (χ2v) is 12.6. The predicted octanol–water partition coefficient (Wildman–Crippen LogP) is 5.31. The fourth-order valence-corrected chi connectivity index (χ4v) is 5.92. The third-order valence-electron chi connectivity index (χ3n) is 8.19. The van der Waals surface area contributed by atoms with E-state index in [1.807, 2.05) is 60.7 Å². The van der Waals surface area contributed by atoms with Gasteiger partial charge in [-0.3, -0.25) is 14.4 Å². The Labute approximate surface area is 262 Å². The van der Waals surface area contributed by atoms with Crippen molar-refractivity contribution in [1.29, 1.82) is 0 Å². The summed E-state index contributed by atoms with van der Waals surface area (Å²) in [6.07, 6.45) is -0.649. The molecule has 236 valence electrons. The summed E-state index contributed by atoms with van der Waals surface area (Å²) in [6.45, 7) is 4.80. The Hall–Kier alpha value is -4.50. The first-order valence-corrected chi connectivity index (χ1v) is 15.1. The standard InChI is InChI=1S/C36H38O9/c1-35(2,3)34(40)44-23-36-19-27(22-43-31(37)26-17-11-6-12-18-26)30(45-36)28(32(38)41-20-24-13-7-4-8-14-24)29(36)33(39)42-21-25-15-9-5-10-16-25/h4-18,27-30H,19-23H2,1-3H3/t27-,28+,29+,30-,36-/m1/s1. The molecule has 0 amide bonds. The maximum atomic E-state index is 13.9. The van der Waals surface area contributed by atoms with Crippen LogP contribution in [0, 0.1) is 23.2 Å². The maximum Gasteiger partial charge on any atom is 0.338 e. The molecule has 0 aromatic heterocycles. The van der Waals surface area contributed by atoms with Crippen LogP contribution in [0.1, 0.15) is 48.7 Å². The Morgan fingerprint density at radius 2 is 1.27 bits per heavy atom. The lowest BCUT2D eigenvalue weighted by atomic mass is 9.67. The Morgan fingerprint density at radius 1 is 0.733 bits per heavy atom. The maximum absolute atomic E-state index is 13.9. The van der Waals surface area contributed by atoms with E-state index in [0.29, 0.717) is 5.56 Å². The van der Waals surface area contributed by atoms with Crippen LogP contribution in [0.5, 0.6) is 0 Å². The molecule has 5 atom stereocenters. The van der Waals surface area contributed by atoms with Crippen molar-refractivity contribution in [3.8, 4) is 0 Å². The number of benzene rings is 3. The van der Waals surface area contributed by atoms with Crippen LogP contribution in [0.2, 0.25) is 0 Å². The zero-order valence-corrected chi connectivity index (χ0v) is 25.7. The van der Waals surface area contributed by atoms with Crippen LogP contribution in [-0.2, 0) is 51.3 Å². The van der Waals surface area contributed by atoms with Gasteiger partial charge in [-0.05, 0) is 50.5 Å². The monoisotopic (exact) mass is 614 g/mol. The van der Waals surface area contributed by atoms with E-state index in [9.17, 15) is 19.2 Å². The molecule has 2 fully saturated rings. The first kappa shape index (κ1) is 31.9. The average Bonchev–Trinajstić information content (AvgIpc) is 3.58. The molecule has 0 aliphatic carbocycles. The van der Waals surface area contributed by atoms with Crippen molar-refractivity contribution in [3.63, 3.8) is 0 Å². The Kier molecular flexibility index (Phi) is 9.68. The summed E-state index contributed by atoms with van der Waals surface area (Å²) >= 11 is 0. The lowest BCUT2D eigenvalue weighted by Gasteiger charge is -2.36. The molecule has 0 spiro atoms. The van der Waals surface area contributed by atoms with Gasteiger partial charge in [0.25, 0.3) is 0 Å². The molecular formula is C36H38O9. The zero-order chi connectivity index (χ0) is 32.0. The Bertz CT molecular complexity index is 1480. The highest BCUT2D eigenvalue weighted by Gasteiger charge is 2.69. The van der Waals surface area contributed by atoms with Crippen LogP contribution in [-0.4, -0.2) is 48.8 Å². The molecule has 2 aliphatic rings. The third-order valence-corrected chi connectivity index (χ3v) is 8.19. The normalized spacial score (nSPS) is 23.6. The van der Waals surface area contributed by atoms with Crippen LogP contribution in [0.25, 0.3) is 0 Å². The van der Waals surface area contributed by atoms with Crippen molar-refractivity contribution >= 4 is 23.9 Å². The summed E-state index contributed by atoms with van der Waals surface area (Å²) in [5.74, 6) is -4.99. The second kappa shape index (κ2) is 13.6. The summed E-state index contributed by atoms with van der Waals surface area (Å²) in [5.41, 5.74) is -0.261. The van der Waals surface area contributed by atoms with Crippen molar-refractivity contribution in [2.75, 3.05) is 13.2 Å². The van der Waals surface area contributed by atoms with Gasteiger partial charge in [-0.2, -0.15) is 0 Å². The number of rotatable bonds is 11. The first-order chi connectivity index (χ1) is 21.6. The molecule has 2 aliphatic heterocycles. The third kappa shape index (κ3) is 7.42. The molecule has 0 unspecified atom stereocenters. The number of hydrogen-bond acceptors (Lipinski definition) is 9. The molecule has 9 heteroatoms. The van der Waals surface area contributed by atoms with Crippen molar-refractivity contribution in [3.05, 3.63) is 108 Å². The minimum absolute atomic E-state index is 0.00561. The van der Waals surface area contributed by atoms with Crippen LogP contribution >= 0.6 is 0 Å². The Morgan fingerprint density at radius 3 is 1.82 bits per heavy atom. The van der Waals surface area contributed by atoms with E-state index in [2.05, 4.69) is 0 Å². The topological polar surface area (TPSA) is 114 Å². The minimum Gasteiger partial charge on any atom is -0.462 e.